The molecule has 1 saturated heterocycles. The number of ether oxygens (including phenoxy) is 1. The summed E-state index contributed by atoms with van der Waals surface area (Å²) in [6.45, 7) is 7.70. The van der Waals surface area contributed by atoms with Gasteiger partial charge < -0.3 is 9.64 Å². The quantitative estimate of drug-likeness (QED) is 0.591. The number of hydrogen-bond donors (Lipinski definition) is 0. The first-order valence-electron chi connectivity index (χ1n) is 5.62. The lowest BCUT2D eigenvalue weighted by Crippen LogP contribution is -2.66. The molecule has 0 spiro atoms. The van der Waals surface area contributed by atoms with E-state index in [4.69, 9.17) is 4.74 Å². The molecule has 0 radical (unpaired) electrons. The number of anilines is 1. The van der Waals surface area contributed by atoms with Gasteiger partial charge in [-0.05, 0) is 38.1 Å². The number of hydrogen-bond acceptors (Lipinski definition) is 2. The van der Waals surface area contributed by atoms with Crippen LogP contribution in [0.25, 0.3) is 0 Å². The Bertz CT molecular complexity index is 448. The van der Waals surface area contributed by atoms with Crippen molar-refractivity contribution in [1.82, 2.24) is 0 Å². The van der Waals surface area contributed by atoms with Crippen molar-refractivity contribution in [3.05, 3.63) is 36.9 Å². The maximum atomic E-state index is 12.1. The van der Waals surface area contributed by atoms with E-state index in [1.165, 1.54) is 0 Å². The topological polar surface area (TPSA) is 29.5 Å². The molecule has 1 aromatic carbocycles. The van der Waals surface area contributed by atoms with Crippen molar-refractivity contribution in [1.29, 1.82) is 0 Å². The summed E-state index contributed by atoms with van der Waals surface area (Å²) in [5.74, 6) is 0.920. The maximum absolute atomic E-state index is 12.1. The first-order chi connectivity index (χ1) is 8.02. The smallest absolute Gasteiger partial charge is 0.235 e. The number of amides is 1. The van der Waals surface area contributed by atoms with Gasteiger partial charge in [0.05, 0.1) is 18.6 Å². The van der Waals surface area contributed by atoms with Gasteiger partial charge in [-0.1, -0.05) is 6.08 Å². The highest BCUT2D eigenvalue weighted by atomic mass is 16.5. The van der Waals surface area contributed by atoms with Gasteiger partial charge in [0, 0.05) is 5.69 Å². The molecule has 17 heavy (non-hydrogen) atoms. The Labute approximate surface area is 102 Å². The van der Waals surface area contributed by atoms with Crippen molar-refractivity contribution in [3.8, 4) is 5.75 Å². The predicted octanol–water partition coefficient (Wildman–Crippen LogP) is 2.62. The molecule has 3 nitrogen and oxygen atoms in total. The van der Waals surface area contributed by atoms with Crippen LogP contribution in [0, 0.1) is 5.41 Å². The van der Waals surface area contributed by atoms with Crippen molar-refractivity contribution in [2.24, 2.45) is 5.41 Å². The molecular weight excluding hydrogens is 214 g/mol. The van der Waals surface area contributed by atoms with Crippen molar-refractivity contribution >= 4 is 11.6 Å². The van der Waals surface area contributed by atoms with Gasteiger partial charge in [-0.15, -0.1) is 6.58 Å². The summed E-state index contributed by atoms with van der Waals surface area (Å²) in [5.41, 5.74) is 0.543. The second-order valence-corrected chi connectivity index (χ2v) is 4.78. The second kappa shape index (κ2) is 3.91. The Hall–Kier alpha value is -1.77. The number of rotatable bonds is 3. The number of methoxy groups -OCH3 is 1. The fraction of sp³-hybridized carbons (Fsp3) is 0.357. The standard InChI is InChI=1S/C14H17NO2/c1-5-12-14(2,3)13(16)15(12)10-6-8-11(17-4)9-7-10/h5-9,12H,1H2,2-4H3. The van der Waals surface area contributed by atoms with Crippen LogP contribution in [0.3, 0.4) is 0 Å². The molecule has 1 atom stereocenters. The van der Waals surface area contributed by atoms with E-state index in [2.05, 4.69) is 6.58 Å². The average molecular weight is 231 g/mol. The summed E-state index contributed by atoms with van der Waals surface area (Å²) in [7, 11) is 1.62. The summed E-state index contributed by atoms with van der Waals surface area (Å²) in [5, 5.41) is 0. The van der Waals surface area contributed by atoms with Crippen LogP contribution >= 0.6 is 0 Å². The van der Waals surface area contributed by atoms with Crippen molar-refractivity contribution in [3.63, 3.8) is 0 Å². The first-order valence-corrected chi connectivity index (χ1v) is 5.62. The lowest BCUT2D eigenvalue weighted by atomic mass is 9.73. The summed E-state index contributed by atoms with van der Waals surface area (Å²) < 4.78 is 5.10. The second-order valence-electron chi connectivity index (χ2n) is 4.78. The van der Waals surface area contributed by atoms with E-state index in [9.17, 15) is 4.79 Å². The van der Waals surface area contributed by atoms with Crippen LogP contribution in [0.5, 0.6) is 5.75 Å². The van der Waals surface area contributed by atoms with Gasteiger partial charge in [0.2, 0.25) is 5.91 Å². The van der Waals surface area contributed by atoms with Crippen LogP contribution in [0.2, 0.25) is 0 Å². The zero-order chi connectivity index (χ0) is 12.6. The van der Waals surface area contributed by atoms with Crippen LogP contribution in [0.1, 0.15) is 13.8 Å². The van der Waals surface area contributed by atoms with E-state index >= 15 is 0 Å². The van der Waals surface area contributed by atoms with Gasteiger partial charge in [0.15, 0.2) is 0 Å². The number of carbonyl (C=O) groups excluding carboxylic acids is 1. The Balaban J connectivity index is 2.28. The summed E-state index contributed by atoms with van der Waals surface area (Å²) in [6, 6.07) is 7.55. The Morgan fingerprint density at radius 2 is 1.94 bits per heavy atom. The summed E-state index contributed by atoms with van der Waals surface area (Å²) in [4.78, 5) is 13.8. The Morgan fingerprint density at radius 1 is 1.35 bits per heavy atom. The number of carbonyl (C=O) groups is 1. The Morgan fingerprint density at radius 3 is 2.41 bits per heavy atom. The lowest BCUT2D eigenvalue weighted by Gasteiger charge is -2.51. The highest BCUT2D eigenvalue weighted by Gasteiger charge is 2.53. The third-order valence-electron chi connectivity index (χ3n) is 3.36. The first kappa shape index (κ1) is 11.7. The minimum absolute atomic E-state index is 0.0587. The number of nitrogens with zero attached hydrogens (tertiary/aromatic N) is 1. The number of β-lactam (4-membered cyclic amide) rings is 1. The highest BCUT2D eigenvalue weighted by molar-refractivity contribution is 6.06. The van der Waals surface area contributed by atoms with E-state index < -0.39 is 0 Å². The molecule has 1 aromatic rings. The monoisotopic (exact) mass is 231 g/mol. The zero-order valence-electron chi connectivity index (χ0n) is 10.4. The summed E-state index contributed by atoms with van der Waals surface area (Å²) >= 11 is 0. The van der Waals surface area contributed by atoms with Crippen molar-refractivity contribution in [2.45, 2.75) is 19.9 Å². The van der Waals surface area contributed by atoms with Gasteiger partial charge in [-0.25, -0.2) is 0 Å². The fourth-order valence-corrected chi connectivity index (χ4v) is 2.24. The molecule has 0 aliphatic carbocycles. The number of benzene rings is 1. The average Bonchev–Trinajstić information content (AvgIpc) is 2.35. The largest absolute Gasteiger partial charge is 0.497 e. The van der Waals surface area contributed by atoms with E-state index in [1.807, 2.05) is 44.2 Å². The molecule has 0 N–H and O–H groups in total. The summed E-state index contributed by atoms with van der Waals surface area (Å²) in [6.07, 6.45) is 1.83. The van der Waals surface area contributed by atoms with Gasteiger partial charge in [-0.2, -0.15) is 0 Å². The molecule has 90 valence electrons. The van der Waals surface area contributed by atoms with E-state index in [0.29, 0.717) is 0 Å². The van der Waals surface area contributed by atoms with Crippen molar-refractivity contribution in [2.75, 3.05) is 12.0 Å². The molecule has 0 saturated carbocycles. The van der Waals surface area contributed by atoms with Crippen molar-refractivity contribution < 1.29 is 9.53 Å². The molecule has 0 bridgehead atoms. The fourth-order valence-electron chi connectivity index (χ4n) is 2.24. The van der Waals surface area contributed by atoms with E-state index in [-0.39, 0.29) is 17.4 Å². The highest BCUT2D eigenvalue weighted by Crippen LogP contribution is 2.42. The van der Waals surface area contributed by atoms with E-state index in [1.54, 1.807) is 12.0 Å². The van der Waals surface area contributed by atoms with Gasteiger partial charge >= 0.3 is 0 Å². The predicted molar refractivity (Wildman–Crippen MR) is 68.2 cm³/mol. The molecule has 1 aliphatic rings. The molecule has 1 heterocycles. The Kier molecular flexibility index (Phi) is 2.69. The van der Waals surface area contributed by atoms with Crippen LogP contribution in [-0.4, -0.2) is 19.1 Å². The lowest BCUT2D eigenvalue weighted by molar-refractivity contribution is -0.135. The maximum Gasteiger partial charge on any atom is 0.235 e. The normalized spacial score (nSPS) is 21.9. The van der Waals surface area contributed by atoms with Gasteiger partial charge in [0.1, 0.15) is 5.75 Å². The van der Waals surface area contributed by atoms with E-state index in [0.717, 1.165) is 11.4 Å². The SMILES string of the molecule is C=CC1N(c2ccc(OC)cc2)C(=O)C1(C)C. The third-order valence-corrected chi connectivity index (χ3v) is 3.36. The van der Waals surface area contributed by atoms with Crippen LogP contribution in [-0.2, 0) is 4.79 Å². The van der Waals surface area contributed by atoms with Crippen LogP contribution < -0.4 is 9.64 Å². The minimum atomic E-state index is -0.346. The molecule has 2 rings (SSSR count). The molecule has 1 amide bonds. The van der Waals surface area contributed by atoms with Gasteiger partial charge in [-0.3, -0.25) is 4.79 Å². The van der Waals surface area contributed by atoms with Crippen LogP contribution in [0.15, 0.2) is 36.9 Å². The zero-order valence-corrected chi connectivity index (χ0v) is 10.4. The molecule has 0 aromatic heterocycles. The molecule has 3 heteroatoms. The molecular formula is C14H17NO2. The van der Waals surface area contributed by atoms with Crippen LogP contribution in [0.4, 0.5) is 5.69 Å². The minimum Gasteiger partial charge on any atom is -0.497 e. The third kappa shape index (κ3) is 1.62. The molecule has 1 unspecified atom stereocenters. The molecule has 1 aliphatic heterocycles. The van der Waals surface area contributed by atoms with Gasteiger partial charge in [0.25, 0.3) is 0 Å². The molecule has 1 fully saturated rings.